The number of carbonyl (C=O) groups is 3. The molecule has 200 valence electrons. The van der Waals surface area contributed by atoms with Crippen LogP contribution in [0.15, 0.2) is 24.3 Å². The maximum Gasteiger partial charge on any atom is 0.410 e. The van der Waals surface area contributed by atoms with E-state index >= 15 is 0 Å². The van der Waals surface area contributed by atoms with Gasteiger partial charge in [-0.2, -0.15) is 0 Å². The lowest BCUT2D eigenvalue weighted by molar-refractivity contribution is -0.145. The number of benzene rings is 1. The molecule has 10 heteroatoms. The van der Waals surface area contributed by atoms with Gasteiger partial charge in [-0.1, -0.05) is 12.1 Å². The number of likely N-dealkylation sites (tertiary alicyclic amines) is 1. The number of piperidine rings is 1. The molecular formula is C26H39N3O7. The molecule has 2 fully saturated rings. The Bertz CT molecular complexity index is 892. The summed E-state index contributed by atoms with van der Waals surface area (Å²) in [5, 5.41) is 10.7. The third-order valence-corrected chi connectivity index (χ3v) is 6.30. The van der Waals surface area contributed by atoms with Crippen molar-refractivity contribution >= 4 is 18.0 Å². The van der Waals surface area contributed by atoms with Gasteiger partial charge in [0, 0.05) is 32.2 Å². The van der Waals surface area contributed by atoms with E-state index in [-0.39, 0.29) is 31.2 Å². The first-order valence-corrected chi connectivity index (χ1v) is 12.6. The lowest BCUT2D eigenvalue weighted by Gasteiger charge is -2.42. The maximum absolute atomic E-state index is 12.8. The van der Waals surface area contributed by atoms with Crippen molar-refractivity contribution in [2.24, 2.45) is 0 Å². The van der Waals surface area contributed by atoms with Crippen LogP contribution < -0.4 is 4.74 Å². The fourth-order valence-electron chi connectivity index (χ4n) is 4.42. The summed E-state index contributed by atoms with van der Waals surface area (Å²) in [4.78, 5) is 42.1. The second kappa shape index (κ2) is 12.4. The number of ether oxygens (including phenoxy) is 3. The molecule has 2 aliphatic rings. The second-order valence-corrected chi connectivity index (χ2v) is 10.2. The van der Waals surface area contributed by atoms with Crippen LogP contribution in [0.3, 0.4) is 0 Å². The monoisotopic (exact) mass is 505 g/mol. The summed E-state index contributed by atoms with van der Waals surface area (Å²) in [5.41, 5.74) is 0.157. The zero-order valence-electron chi connectivity index (χ0n) is 21.8. The van der Waals surface area contributed by atoms with Crippen LogP contribution >= 0.6 is 0 Å². The van der Waals surface area contributed by atoms with Crippen molar-refractivity contribution in [2.45, 2.75) is 58.3 Å². The van der Waals surface area contributed by atoms with Gasteiger partial charge in [-0.25, -0.2) is 9.59 Å². The maximum atomic E-state index is 12.8. The van der Waals surface area contributed by atoms with Crippen LogP contribution in [0.5, 0.6) is 5.75 Å². The minimum atomic E-state index is -0.823. The van der Waals surface area contributed by atoms with Crippen molar-refractivity contribution in [3.63, 3.8) is 0 Å². The number of nitrogens with zero attached hydrogens (tertiary/aromatic N) is 3. The summed E-state index contributed by atoms with van der Waals surface area (Å²) < 4.78 is 15.7. The highest BCUT2D eigenvalue weighted by Gasteiger charge is 2.33. The predicted molar refractivity (Wildman–Crippen MR) is 133 cm³/mol. The molecule has 0 saturated carbocycles. The average Bonchev–Trinajstić information content (AvgIpc) is 2.83. The van der Waals surface area contributed by atoms with Gasteiger partial charge in [0.1, 0.15) is 11.4 Å². The molecule has 1 atom stereocenters. The van der Waals surface area contributed by atoms with Crippen LogP contribution in [0.4, 0.5) is 4.79 Å². The Morgan fingerprint density at radius 3 is 2.33 bits per heavy atom. The molecule has 0 spiro atoms. The molecule has 0 bridgehead atoms. The number of aliphatic hydroxyl groups excluding tert-OH is 1. The number of esters is 1. The average molecular weight is 506 g/mol. The van der Waals surface area contributed by atoms with Gasteiger partial charge in [-0.05, 0) is 58.2 Å². The van der Waals surface area contributed by atoms with E-state index in [1.165, 1.54) is 0 Å². The van der Waals surface area contributed by atoms with Crippen LogP contribution in [0.2, 0.25) is 0 Å². The Balaban J connectivity index is 1.43. The van der Waals surface area contributed by atoms with Crippen molar-refractivity contribution in [3.05, 3.63) is 29.8 Å². The molecule has 3 rings (SSSR count). The van der Waals surface area contributed by atoms with E-state index in [1.807, 2.05) is 20.8 Å². The molecule has 1 aromatic rings. The van der Waals surface area contributed by atoms with E-state index in [2.05, 4.69) is 4.90 Å². The first-order valence-electron chi connectivity index (χ1n) is 12.6. The van der Waals surface area contributed by atoms with Crippen LogP contribution in [-0.2, 0) is 19.1 Å². The number of β-amino-alcohol motifs (C(OH)–C–C–N with tert-alkyl or cyclic N) is 1. The summed E-state index contributed by atoms with van der Waals surface area (Å²) in [5.74, 6) is 0.0542. The molecule has 1 unspecified atom stereocenters. The first kappa shape index (κ1) is 27.7. The van der Waals surface area contributed by atoms with Gasteiger partial charge in [-0.3, -0.25) is 9.69 Å². The second-order valence-electron chi connectivity index (χ2n) is 10.2. The Morgan fingerprint density at radius 2 is 1.75 bits per heavy atom. The molecule has 2 amide bonds. The zero-order chi connectivity index (χ0) is 26.3. The van der Waals surface area contributed by atoms with Gasteiger partial charge in [0.2, 0.25) is 5.91 Å². The molecule has 1 N–H and O–H groups in total. The van der Waals surface area contributed by atoms with Crippen molar-refractivity contribution < 1.29 is 33.7 Å². The highest BCUT2D eigenvalue weighted by atomic mass is 16.6. The van der Waals surface area contributed by atoms with Crippen LogP contribution in [-0.4, -0.2) is 102 Å². The molecule has 10 nitrogen and oxygen atoms in total. The molecular weight excluding hydrogens is 466 g/mol. The van der Waals surface area contributed by atoms with Crippen LogP contribution in [0, 0.1) is 0 Å². The minimum Gasteiger partial charge on any atom is -0.482 e. The third kappa shape index (κ3) is 8.09. The minimum absolute atomic E-state index is 0.00994. The fraction of sp³-hybridized carbons (Fsp3) is 0.654. The van der Waals surface area contributed by atoms with E-state index < -0.39 is 17.7 Å². The summed E-state index contributed by atoms with van der Waals surface area (Å²) in [6.07, 6.45) is 0.505. The molecule has 36 heavy (non-hydrogen) atoms. The van der Waals surface area contributed by atoms with E-state index in [1.54, 1.807) is 41.0 Å². The summed E-state index contributed by atoms with van der Waals surface area (Å²) in [7, 11) is 0. The fourth-order valence-corrected chi connectivity index (χ4v) is 4.42. The van der Waals surface area contributed by atoms with E-state index in [0.717, 1.165) is 19.4 Å². The summed E-state index contributed by atoms with van der Waals surface area (Å²) in [6.45, 7) is 10.5. The van der Waals surface area contributed by atoms with Gasteiger partial charge in [0.25, 0.3) is 0 Å². The van der Waals surface area contributed by atoms with Gasteiger partial charge in [0.15, 0.2) is 6.61 Å². The summed E-state index contributed by atoms with van der Waals surface area (Å²) in [6, 6.07) is 7.07. The molecule has 0 aliphatic carbocycles. The van der Waals surface area contributed by atoms with Gasteiger partial charge >= 0.3 is 12.1 Å². The standard InChI is InChI=1S/C26H39N3O7/c1-5-34-24(32)18-35-21-8-6-19(7-9-21)22(30)16-29-15-14-28(17-23(29)31)20-10-12-27(13-11-20)25(33)36-26(2,3)4/h6-9,20,22,30H,5,10-18H2,1-4H3. The largest absolute Gasteiger partial charge is 0.482 e. The molecule has 0 radical (unpaired) electrons. The van der Waals surface area contributed by atoms with Crippen LogP contribution in [0.1, 0.15) is 52.2 Å². The zero-order valence-corrected chi connectivity index (χ0v) is 21.8. The molecule has 2 aliphatic heterocycles. The number of amides is 2. The highest BCUT2D eigenvalue weighted by Crippen LogP contribution is 2.23. The van der Waals surface area contributed by atoms with Crippen LogP contribution in [0.25, 0.3) is 0 Å². The lowest BCUT2D eigenvalue weighted by atomic mass is 10.0. The number of carbonyl (C=O) groups excluding carboxylic acids is 3. The van der Waals surface area contributed by atoms with Gasteiger partial charge < -0.3 is 29.1 Å². The highest BCUT2D eigenvalue weighted by molar-refractivity contribution is 5.79. The smallest absolute Gasteiger partial charge is 0.410 e. The predicted octanol–water partition coefficient (Wildman–Crippen LogP) is 2.21. The Kier molecular flexibility index (Phi) is 9.56. The van der Waals surface area contributed by atoms with E-state index in [0.29, 0.717) is 44.1 Å². The first-order chi connectivity index (χ1) is 17.1. The Labute approximate surface area is 213 Å². The van der Waals surface area contributed by atoms with Gasteiger partial charge in [-0.15, -0.1) is 0 Å². The van der Waals surface area contributed by atoms with Crippen molar-refractivity contribution in [1.82, 2.24) is 14.7 Å². The SMILES string of the molecule is CCOC(=O)COc1ccc(C(O)CN2CCN(C3CCN(C(=O)OC(C)(C)C)CC3)CC2=O)cc1. The Hall–Kier alpha value is -2.85. The van der Waals surface area contributed by atoms with Gasteiger partial charge in [0.05, 0.1) is 25.8 Å². The lowest BCUT2D eigenvalue weighted by Crippen LogP contribution is -2.56. The topological polar surface area (TPSA) is 109 Å². The van der Waals surface area contributed by atoms with Crippen molar-refractivity contribution in [1.29, 1.82) is 0 Å². The molecule has 0 aromatic heterocycles. The number of rotatable bonds is 8. The molecule has 2 heterocycles. The number of aliphatic hydroxyl groups is 1. The quantitative estimate of drug-likeness (QED) is 0.536. The number of hydrogen-bond acceptors (Lipinski definition) is 8. The van der Waals surface area contributed by atoms with Crippen molar-refractivity contribution in [3.8, 4) is 5.75 Å². The van der Waals surface area contributed by atoms with E-state index in [4.69, 9.17) is 14.2 Å². The van der Waals surface area contributed by atoms with E-state index in [9.17, 15) is 19.5 Å². The number of hydrogen-bond donors (Lipinski definition) is 1. The number of piperazine rings is 1. The van der Waals surface area contributed by atoms with Crippen molar-refractivity contribution in [2.75, 3.05) is 52.5 Å². The normalized spacial score (nSPS) is 18.6. The summed E-state index contributed by atoms with van der Waals surface area (Å²) >= 11 is 0. The molecule has 2 saturated heterocycles. The Morgan fingerprint density at radius 1 is 1.08 bits per heavy atom. The molecule has 1 aromatic carbocycles. The third-order valence-electron chi connectivity index (χ3n) is 6.30.